The van der Waals surface area contributed by atoms with Crippen LogP contribution in [0.25, 0.3) is 0 Å². The summed E-state index contributed by atoms with van der Waals surface area (Å²) in [6.45, 7) is 4.62. The van der Waals surface area contributed by atoms with Gasteiger partial charge in [0.25, 0.3) is 0 Å². The highest BCUT2D eigenvalue weighted by molar-refractivity contribution is 8.17. The first kappa shape index (κ1) is 46.3. The maximum absolute atomic E-state index is 2.38. The Labute approximate surface area is 328 Å². The van der Waals surface area contributed by atoms with Crippen molar-refractivity contribution in [3.05, 3.63) is 71.8 Å². The van der Waals surface area contributed by atoms with Gasteiger partial charge < -0.3 is 0 Å². The van der Waals surface area contributed by atoms with Crippen LogP contribution < -0.4 is 0 Å². The number of hydrogen-bond acceptors (Lipinski definition) is 2. The molecule has 0 amide bonds. The topological polar surface area (TPSA) is 0 Å². The third kappa shape index (κ3) is 24.2. The summed E-state index contributed by atoms with van der Waals surface area (Å²) in [5, 5.41) is 0. The summed E-state index contributed by atoms with van der Waals surface area (Å²) in [5.74, 6) is 2.49. The average Bonchev–Trinajstić information content (AvgIpc) is 3.17. The van der Waals surface area contributed by atoms with Gasteiger partial charge in [-0.15, -0.1) is 23.5 Å². The molecular formula is C49H84S2. The normalized spacial score (nSPS) is 11.8. The third-order valence-corrected chi connectivity index (χ3v) is 14.4. The van der Waals surface area contributed by atoms with Crippen molar-refractivity contribution in [3.63, 3.8) is 0 Å². The van der Waals surface area contributed by atoms with Crippen molar-refractivity contribution in [2.45, 2.75) is 223 Å². The Kier molecular flexibility index (Phi) is 31.7. The smallest absolute Gasteiger partial charge is 0.111 e. The minimum absolute atomic E-state index is 0.00641. The lowest BCUT2D eigenvalue weighted by Gasteiger charge is -2.34. The lowest BCUT2D eigenvalue weighted by Crippen LogP contribution is -2.21. The van der Waals surface area contributed by atoms with Crippen molar-refractivity contribution in [3.8, 4) is 0 Å². The Morgan fingerprint density at radius 2 is 0.510 bits per heavy atom. The zero-order chi connectivity index (χ0) is 36.2. The minimum atomic E-state index is -0.00641. The zero-order valence-electron chi connectivity index (χ0n) is 34.1. The molecule has 0 heterocycles. The molecule has 0 aromatic heterocycles. The van der Waals surface area contributed by atoms with E-state index in [0.717, 1.165) is 0 Å². The molecule has 0 bridgehead atoms. The van der Waals surface area contributed by atoms with Crippen LogP contribution in [-0.4, -0.2) is 11.5 Å². The number of hydrogen-bond donors (Lipinski definition) is 0. The highest BCUT2D eigenvalue weighted by atomic mass is 32.2. The minimum Gasteiger partial charge on any atom is -0.135 e. The summed E-state index contributed by atoms with van der Waals surface area (Å²) in [6.07, 6.45) is 45.9. The molecule has 2 rings (SSSR count). The maximum Gasteiger partial charge on any atom is 0.111 e. The molecule has 2 aromatic carbocycles. The fourth-order valence-corrected chi connectivity index (χ4v) is 10.9. The van der Waals surface area contributed by atoms with E-state index in [9.17, 15) is 0 Å². The van der Waals surface area contributed by atoms with Crippen molar-refractivity contribution in [1.29, 1.82) is 0 Å². The first-order valence-corrected chi connectivity index (χ1v) is 24.7. The van der Waals surface area contributed by atoms with Gasteiger partial charge in [-0.05, 0) is 35.5 Å². The van der Waals surface area contributed by atoms with Crippen LogP contribution in [0, 0.1) is 0 Å². The highest BCUT2D eigenvalue weighted by Crippen LogP contribution is 2.52. The van der Waals surface area contributed by atoms with E-state index in [1.807, 2.05) is 0 Å². The molecule has 0 saturated heterocycles. The van der Waals surface area contributed by atoms with Gasteiger partial charge in [0.2, 0.25) is 0 Å². The Morgan fingerprint density at radius 3 is 0.745 bits per heavy atom. The summed E-state index contributed by atoms with van der Waals surface area (Å²) in [6, 6.07) is 22.9. The molecule has 0 aliphatic rings. The van der Waals surface area contributed by atoms with Gasteiger partial charge in [-0.2, -0.15) is 0 Å². The van der Waals surface area contributed by atoms with Crippen LogP contribution >= 0.6 is 23.5 Å². The Balaban J connectivity index is 1.62. The van der Waals surface area contributed by atoms with Crippen LogP contribution in [0.4, 0.5) is 0 Å². The van der Waals surface area contributed by atoms with Crippen molar-refractivity contribution in [1.82, 2.24) is 0 Å². The quantitative estimate of drug-likeness (QED) is 0.0497. The molecule has 51 heavy (non-hydrogen) atoms. The Bertz CT molecular complexity index is 877. The van der Waals surface area contributed by atoms with Crippen LogP contribution in [0.2, 0.25) is 0 Å². The van der Waals surface area contributed by atoms with E-state index in [1.54, 1.807) is 0 Å². The van der Waals surface area contributed by atoms with E-state index in [-0.39, 0.29) is 4.08 Å². The second-order valence-electron chi connectivity index (χ2n) is 15.7. The predicted octanol–water partition coefficient (Wildman–Crippen LogP) is 17.9. The van der Waals surface area contributed by atoms with Crippen molar-refractivity contribution < 1.29 is 0 Å². The number of thioether (sulfide) groups is 2. The molecule has 0 spiro atoms. The summed E-state index contributed by atoms with van der Waals surface area (Å²) < 4.78 is -0.00641. The molecule has 0 radical (unpaired) electrons. The van der Waals surface area contributed by atoms with E-state index in [2.05, 4.69) is 98.0 Å². The SMILES string of the molecule is CCCCCCCCCCCCCCCCCCSC(SCCCCCCCCCCCCCCCCCC)(c1ccccc1)c1ccccc1. The second kappa shape index (κ2) is 34.9. The lowest BCUT2D eigenvalue weighted by molar-refractivity contribution is 0.531. The molecule has 0 N–H and O–H groups in total. The summed E-state index contributed by atoms with van der Waals surface area (Å²) in [5.41, 5.74) is 2.94. The van der Waals surface area contributed by atoms with Gasteiger partial charge in [0.05, 0.1) is 0 Å². The first-order valence-electron chi connectivity index (χ1n) is 22.7. The number of benzene rings is 2. The second-order valence-corrected chi connectivity index (χ2v) is 18.5. The molecule has 0 fully saturated rings. The van der Waals surface area contributed by atoms with Gasteiger partial charge in [0.1, 0.15) is 4.08 Å². The monoisotopic (exact) mass is 737 g/mol. The van der Waals surface area contributed by atoms with Gasteiger partial charge in [-0.25, -0.2) is 0 Å². The van der Waals surface area contributed by atoms with Gasteiger partial charge >= 0.3 is 0 Å². The average molecular weight is 737 g/mol. The standard InChI is InChI=1S/C49H84S2/c1-3-5-7-9-11-13-15-17-19-21-23-25-27-29-31-39-45-50-49(47-41-35-33-36-42-47,48-43-37-34-38-44-48)51-46-40-32-30-28-26-24-22-20-18-16-14-12-10-8-6-4-2/h33-38,41-44H,3-32,39-40,45-46H2,1-2H3. The van der Waals surface area contributed by atoms with E-state index in [4.69, 9.17) is 0 Å². The molecule has 0 unspecified atom stereocenters. The third-order valence-electron chi connectivity index (χ3n) is 10.9. The fourth-order valence-electron chi connectivity index (χ4n) is 7.59. The van der Waals surface area contributed by atoms with E-state index >= 15 is 0 Å². The van der Waals surface area contributed by atoms with E-state index in [1.165, 1.54) is 228 Å². The zero-order valence-corrected chi connectivity index (χ0v) is 35.8. The first-order chi connectivity index (χ1) is 25.3. The molecule has 0 saturated carbocycles. The number of rotatable bonds is 38. The predicted molar refractivity (Wildman–Crippen MR) is 238 cm³/mol. The van der Waals surface area contributed by atoms with Gasteiger partial charge in [0, 0.05) is 0 Å². The van der Waals surface area contributed by atoms with Crippen molar-refractivity contribution in [2.75, 3.05) is 11.5 Å². The summed E-state index contributed by atoms with van der Waals surface area (Å²) >= 11 is 4.43. The van der Waals surface area contributed by atoms with Crippen LogP contribution in [0.5, 0.6) is 0 Å². The molecule has 0 atom stereocenters. The molecule has 292 valence electrons. The van der Waals surface area contributed by atoms with E-state index in [0.29, 0.717) is 0 Å². The number of unbranched alkanes of at least 4 members (excludes halogenated alkanes) is 30. The maximum atomic E-state index is 2.38. The molecule has 2 heteroatoms. The van der Waals surface area contributed by atoms with Gasteiger partial charge in [-0.3, -0.25) is 0 Å². The largest absolute Gasteiger partial charge is 0.135 e. The van der Waals surface area contributed by atoms with Crippen LogP contribution in [0.1, 0.15) is 230 Å². The summed E-state index contributed by atoms with van der Waals surface area (Å²) in [4.78, 5) is 0. The summed E-state index contributed by atoms with van der Waals surface area (Å²) in [7, 11) is 0. The fraction of sp³-hybridized carbons (Fsp3) is 0.755. The van der Waals surface area contributed by atoms with Crippen LogP contribution in [0.15, 0.2) is 60.7 Å². The van der Waals surface area contributed by atoms with Gasteiger partial charge in [-0.1, -0.05) is 267 Å². The van der Waals surface area contributed by atoms with Crippen molar-refractivity contribution in [2.24, 2.45) is 0 Å². The molecule has 0 aliphatic heterocycles. The van der Waals surface area contributed by atoms with Gasteiger partial charge in [0.15, 0.2) is 0 Å². The van der Waals surface area contributed by atoms with E-state index < -0.39 is 0 Å². The van der Waals surface area contributed by atoms with Crippen molar-refractivity contribution >= 4 is 23.5 Å². The van der Waals surface area contributed by atoms with Crippen LogP contribution in [-0.2, 0) is 4.08 Å². The lowest BCUT2D eigenvalue weighted by atomic mass is 10.0. The molecule has 2 aromatic rings. The highest BCUT2D eigenvalue weighted by Gasteiger charge is 2.35. The molecule has 0 nitrogen and oxygen atoms in total. The molecule has 0 aliphatic carbocycles. The molecular weight excluding hydrogens is 653 g/mol. The Hall–Kier alpha value is -0.860. The van der Waals surface area contributed by atoms with Crippen LogP contribution in [0.3, 0.4) is 0 Å². The Morgan fingerprint density at radius 1 is 0.294 bits per heavy atom.